The van der Waals surface area contributed by atoms with Crippen LogP contribution in [0.2, 0.25) is 0 Å². The molecule has 0 heterocycles. The second-order valence-corrected chi connectivity index (χ2v) is 4.30. The molecule has 0 aliphatic heterocycles. The summed E-state index contributed by atoms with van der Waals surface area (Å²) in [5.74, 6) is 5.27. The van der Waals surface area contributed by atoms with Crippen LogP contribution in [0.3, 0.4) is 0 Å². The Labute approximate surface area is 120 Å². The zero-order chi connectivity index (χ0) is 14.8. The fraction of sp³-hybridized carbons (Fsp3) is 0.438. The van der Waals surface area contributed by atoms with E-state index in [1.54, 1.807) is 6.07 Å². The zero-order valence-electron chi connectivity index (χ0n) is 12.0. The molecule has 1 aromatic rings. The quantitative estimate of drug-likeness (QED) is 0.611. The number of carbonyl (C=O) groups is 1. The first-order valence-electron chi connectivity index (χ1n) is 6.75. The summed E-state index contributed by atoms with van der Waals surface area (Å²) in [6.45, 7) is 5.58. The Morgan fingerprint density at radius 2 is 2.25 bits per heavy atom. The molecule has 1 amide bonds. The maximum Gasteiger partial charge on any atom is 0.251 e. The van der Waals surface area contributed by atoms with Gasteiger partial charge in [-0.15, -0.1) is 0 Å². The summed E-state index contributed by atoms with van der Waals surface area (Å²) in [5.41, 5.74) is 2.25. The van der Waals surface area contributed by atoms with Crippen molar-refractivity contribution in [3.05, 3.63) is 34.9 Å². The van der Waals surface area contributed by atoms with Crippen LogP contribution in [0.25, 0.3) is 0 Å². The molecule has 0 bridgehead atoms. The number of nitrogens with one attached hydrogen (secondary N) is 1. The van der Waals surface area contributed by atoms with Gasteiger partial charge in [0.25, 0.3) is 5.91 Å². The minimum absolute atomic E-state index is 0.105. The number of benzene rings is 1. The largest absolute Gasteiger partial charge is 0.384 e. The summed E-state index contributed by atoms with van der Waals surface area (Å²) < 4.78 is 5.21. The molecule has 0 saturated carbocycles. The van der Waals surface area contributed by atoms with Crippen LogP contribution >= 0.6 is 0 Å². The van der Waals surface area contributed by atoms with E-state index in [2.05, 4.69) is 17.2 Å². The molecule has 4 nitrogen and oxygen atoms in total. The SMILES string of the molecule is CCOCCCNC(=O)c1cc(C#CCO)ccc1C. The van der Waals surface area contributed by atoms with Gasteiger partial charge in [-0.3, -0.25) is 4.79 Å². The molecule has 0 radical (unpaired) electrons. The molecule has 2 N–H and O–H groups in total. The monoisotopic (exact) mass is 275 g/mol. The topological polar surface area (TPSA) is 58.6 Å². The van der Waals surface area contributed by atoms with Gasteiger partial charge < -0.3 is 15.2 Å². The fourth-order valence-electron chi connectivity index (χ4n) is 1.70. The van der Waals surface area contributed by atoms with Crippen LogP contribution in [-0.2, 0) is 4.74 Å². The van der Waals surface area contributed by atoms with Crippen LogP contribution in [0.1, 0.15) is 34.8 Å². The van der Waals surface area contributed by atoms with Gasteiger partial charge in [0, 0.05) is 30.9 Å². The molecule has 0 aliphatic rings. The zero-order valence-corrected chi connectivity index (χ0v) is 12.0. The van der Waals surface area contributed by atoms with E-state index >= 15 is 0 Å². The summed E-state index contributed by atoms with van der Waals surface area (Å²) in [7, 11) is 0. The standard InChI is InChI=1S/C16H21NO3/c1-3-20-11-5-9-17-16(19)15-12-14(6-4-10-18)8-7-13(15)2/h7-8,12,18H,3,5,9-11H2,1-2H3,(H,17,19). The van der Waals surface area contributed by atoms with Crippen molar-refractivity contribution in [2.45, 2.75) is 20.3 Å². The third kappa shape index (κ3) is 5.43. The number of carbonyl (C=O) groups excluding carboxylic acids is 1. The van der Waals surface area contributed by atoms with Gasteiger partial charge in [0.05, 0.1) is 0 Å². The first-order chi connectivity index (χ1) is 9.69. The van der Waals surface area contributed by atoms with Crippen molar-refractivity contribution in [2.24, 2.45) is 0 Å². The number of aryl methyl sites for hydroxylation is 1. The summed E-state index contributed by atoms with van der Waals surface area (Å²) in [6, 6.07) is 5.44. The first kappa shape index (κ1) is 16.2. The molecule has 0 unspecified atom stereocenters. The van der Waals surface area contributed by atoms with E-state index in [1.165, 1.54) is 0 Å². The number of aliphatic hydroxyl groups excluding tert-OH is 1. The highest BCUT2D eigenvalue weighted by molar-refractivity contribution is 5.96. The Bertz CT molecular complexity index is 500. The predicted molar refractivity (Wildman–Crippen MR) is 78.6 cm³/mol. The van der Waals surface area contributed by atoms with Gasteiger partial charge in [0.15, 0.2) is 0 Å². The molecule has 1 rings (SSSR count). The van der Waals surface area contributed by atoms with Crippen LogP contribution in [0.15, 0.2) is 18.2 Å². The van der Waals surface area contributed by atoms with Crippen molar-refractivity contribution in [3.63, 3.8) is 0 Å². The van der Waals surface area contributed by atoms with Gasteiger partial charge in [-0.1, -0.05) is 17.9 Å². The first-order valence-corrected chi connectivity index (χ1v) is 6.75. The average molecular weight is 275 g/mol. The predicted octanol–water partition coefficient (Wildman–Crippen LogP) is 1.50. The average Bonchev–Trinajstić information content (AvgIpc) is 2.46. The van der Waals surface area contributed by atoms with E-state index in [-0.39, 0.29) is 12.5 Å². The minimum Gasteiger partial charge on any atom is -0.384 e. The van der Waals surface area contributed by atoms with E-state index in [9.17, 15) is 4.79 Å². The molecule has 0 spiro atoms. The Hall–Kier alpha value is -1.83. The maximum atomic E-state index is 12.1. The van der Waals surface area contributed by atoms with Crippen molar-refractivity contribution in [1.29, 1.82) is 0 Å². The van der Waals surface area contributed by atoms with Gasteiger partial charge in [-0.25, -0.2) is 0 Å². The molecule has 0 saturated heterocycles. The third-order valence-electron chi connectivity index (χ3n) is 2.75. The number of rotatable bonds is 6. The van der Waals surface area contributed by atoms with Crippen LogP contribution in [0.5, 0.6) is 0 Å². The minimum atomic E-state index is -0.188. The van der Waals surface area contributed by atoms with E-state index in [1.807, 2.05) is 26.0 Å². The van der Waals surface area contributed by atoms with Crippen molar-refractivity contribution < 1.29 is 14.6 Å². The molecule has 1 aromatic carbocycles. The molecule has 108 valence electrons. The number of hydrogen-bond acceptors (Lipinski definition) is 3. The third-order valence-corrected chi connectivity index (χ3v) is 2.75. The highest BCUT2D eigenvalue weighted by Crippen LogP contribution is 2.10. The lowest BCUT2D eigenvalue weighted by Gasteiger charge is -2.08. The molecular formula is C16H21NO3. The second-order valence-electron chi connectivity index (χ2n) is 4.30. The lowest BCUT2D eigenvalue weighted by atomic mass is 10.0. The molecular weight excluding hydrogens is 254 g/mol. The second kappa shape index (κ2) is 9.13. The Balaban J connectivity index is 2.62. The molecule has 0 atom stereocenters. The Morgan fingerprint density at radius 1 is 1.45 bits per heavy atom. The number of hydrogen-bond donors (Lipinski definition) is 2. The fourth-order valence-corrected chi connectivity index (χ4v) is 1.70. The smallest absolute Gasteiger partial charge is 0.251 e. The van der Waals surface area contributed by atoms with Gasteiger partial charge >= 0.3 is 0 Å². The number of amides is 1. The van der Waals surface area contributed by atoms with Crippen molar-refractivity contribution in [3.8, 4) is 11.8 Å². The Kier molecular flexibility index (Phi) is 7.41. The highest BCUT2D eigenvalue weighted by Gasteiger charge is 2.08. The normalized spacial score (nSPS) is 9.75. The van der Waals surface area contributed by atoms with Crippen molar-refractivity contribution in [1.82, 2.24) is 5.32 Å². The van der Waals surface area contributed by atoms with Crippen LogP contribution in [0.4, 0.5) is 0 Å². The van der Waals surface area contributed by atoms with E-state index < -0.39 is 0 Å². The molecule has 4 heteroatoms. The van der Waals surface area contributed by atoms with Gasteiger partial charge in [0.2, 0.25) is 0 Å². The van der Waals surface area contributed by atoms with Gasteiger partial charge in [-0.05, 0) is 38.0 Å². The molecule has 0 aromatic heterocycles. The highest BCUT2D eigenvalue weighted by atomic mass is 16.5. The maximum absolute atomic E-state index is 12.1. The van der Waals surface area contributed by atoms with Crippen LogP contribution < -0.4 is 5.32 Å². The molecule has 20 heavy (non-hydrogen) atoms. The van der Waals surface area contributed by atoms with Crippen molar-refractivity contribution >= 4 is 5.91 Å². The summed E-state index contributed by atoms with van der Waals surface area (Å²) in [4.78, 5) is 12.1. The summed E-state index contributed by atoms with van der Waals surface area (Å²) in [5, 5.41) is 11.5. The number of ether oxygens (including phenoxy) is 1. The molecule has 0 fully saturated rings. The number of aliphatic hydroxyl groups is 1. The Morgan fingerprint density at radius 3 is 2.95 bits per heavy atom. The summed E-state index contributed by atoms with van der Waals surface area (Å²) >= 11 is 0. The summed E-state index contributed by atoms with van der Waals surface area (Å²) in [6.07, 6.45) is 0.794. The van der Waals surface area contributed by atoms with Crippen LogP contribution in [0, 0.1) is 18.8 Å². The van der Waals surface area contributed by atoms with Crippen LogP contribution in [-0.4, -0.2) is 37.4 Å². The molecule has 0 aliphatic carbocycles. The lowest BCUT2D eigenvalue weighted by Crippen LogP contribution is -2.26. The van der Waals surface area contributed by atoms with Crippen molar-refractivity contribution in [2.75, 3.05) is 26.4 Å². The van der Waals surface area contributed by atoms with Gasteiger partial charge in [0.1, 0.15) is 6.61 Å². The van der Waals surface area contributed by atoms with E-state index in [0.29, 0.717) is 25.3 Å². The van der Waals surface area contributed by atoms with Gasteiger partial charge in [-0.2, -0.15) is 0 Å². The lowest BCUT2D eigenvalue weighted by molar-refractivity contribution is 0.0943. The van der Waals surface area contributed by atoms with E-state index in [4.69, 9.17) is 9.84 Å². The van der Waals surface area contributed by atoms with E-state index in [0.717, 1.165) is 17.5 Å².